The molecule has 0 aliphatic carbocycles. The Morgan fingerprint density at radius 1 is 1.32 bits per heavy atom. The number of methoxy groups -OCH3 is 1. The molecule has 0 bridgehead atoms. The average Bonchev–Trinajstić information content (AvgIpc) is 3.32. The molecule has 202 valence electrons. The molecule has 3 heterocycles. The zero-order chi connectivity index (χ0) is 27.3. The Bertz CT molecular complexity index is 1350. The lowest BCUT2D eigenvalue weighted by molar-refractivity contribution is -0.140. The number of aldehydes is 1. The number of aromatic amines is 1. The molecule has 38 heavy (non-hydrogen) atoms. The van der Waals surface area contributed by atoms with Gasteiger partial charge >= 0.3 is 0 Å². The largest absolute Gasteiger partial charge is 0.493 e. The van der Waals surface area contributed by atoms with Gasteiger partial charge in [-0.3, -0.25) is 9.89 Å². The van der Waals surface area contributed by atoms with Crippen molar-refractivity contribution in [3.05, 3.63) is 54.0 Å². The van der Waals surface area contributed by atoms with E-state index in [1.165, 1.54) is 19.4 Å². The monoisotopic (exact) mass is 525 g/mol. The van der Waals surface area contributed by atoms with E-state index in [2.05, 4.69) is 9.97 Å². The summed E-state index contributed by atoms with van der Waals surface area (Å²) < 4.78 is 33.6. The number of allylic oxidation sites excluding steroid dienone is 1. The summed E-state index contributed by atoms with van der Waals surface area (Å²) in [6.45, 7) is 3.27. The zero-order valence-corrected chi connectivity index (χ0v) is 21.6. The topological polar surface area (TPSA) is 117 Å². The maximum absolute atomic E-state index is 14.3. The Balaban J connectivity index is 1.54. The van der Waals surface area contributed by atoms with Gasteiger partial charge in [0, 0.05) is 78.0 Å². The summed E-state index contributed by atoms with van der Waals surface area (Å²) in [6, 6.07) is 3.89. The van der Waals surface area contributed by atoms with Crippen LogP contribution in [0.15, 0.2) is 41.8 Å². The number of carbonyl (C=O) groups excluding carboxylic acids is 1. The Hall–Kier alpha value is -3.63. The average molecular weight is 526 g/mol. The van der Waals surface area contributed by atoms with Crippen molar-refractivity contribution in [2.24, 2.45) is 10.7 Å². The predicted molar refractivity (Wildman–Crippen MR) is 144 cm³/mol. The van der Waals surface area contributed by atoms with Crippen LogP contribution in [0.1, 0.15) is 44.6 Å². The molecular formula is C28H33F2N5O3. The molecule has 1 fully saturated rings. The fourth-order valence-corrected chi connectivity index (χ4v) is 5.11. The van der Waals surface area contributed by atoms with Crippen molar-refractivity contribution in [1.29, 1.82) is 0 Å². The summed E-state index contributed by atoms with van der Waals surface area (Å²) in [5.74, 6) is -1.56. The summed E-state index contributed by atoms with van der Waals surface area (Å²) in [6.07, 6.45) is 10.1. The number of piperidine rings is 1. The first-order chi connectivity index (χ1) is 18.3. The highest BCUT2D eigenvalue weighted by atomic mass is 19.1. The standard InChI is InChI=1S/C28H33F2N5O3/c1-3-6-28(37,7-10-36)35-8-4-21(5-9-35)32-16-19(14-31)18-11-23-24(17-34-27(23)33-15-18)22-12-20(29)13-25(30)26(22)38-2/h10-17,21,37H,3-9,31H2,1-2H3,(H,33,34). The van der Waals surface area contributed by atoms with E-state index in [4.69, 9.17) is 15.5 Å². The first-order valence-electron chi connectivity index (χ1n) is 12.7. The number of H-pyrrole nitrogens is 1. The minimum absolute atomic E-state index is 0.0438. The third-order valence-electron chi connectivity index (χ3n) is 7.08. The Morgan fingerprint density at radius 3 is 2.74 bits per heavy atom. The molecule has 3 aromatic rings. The maximum atomic E-state index is 14.3. The number of nitrogens with zero attached hydrogens (tertiary/aromatic N) is 3. The Kier molecular flexibility index (Phi) is 8.53. The molecule has 10 heteroatoms. The number of nitrogens with two attached hydrogens (primary N) is 1. The summed E-state index contributed by atoms with van der Waals surface area (Å²) in [7, 11) is 1.33. The van der Waals surface area contributed by atoms with E-state index in [9.17, 15) is 18.7 Å². The minimum Gasteiger partial charge on any atom is -0.493 e. The number of hydrogen-bond donors (Lipinski definition) is 3. The fraction of sp³-hybridized carbons (Fsp3) is 0.393. The number of hydrogen-bond acceptors (Lipinski definition) is 7. The molecule has 1 saturated heterocycles. The fourth-order valence-electron chi connectivity index (χ4n) is 5.11. The van der Waals surface area contributed by atoms with Crippen LogP contribution in [0.5, 0.6) is 5.75 Å². The molecule has 4 rings (SSSR count). The number of aliphatic hydroxyl groups is 1. The number of likely N-dealkylation sites (tertiary alicyclic amines) is 1. The van der Waals surface area contributed by atoms with Crippen LogP contribution in [-0.4, -0.2) is 64.4 Å². The van der Waals surface area contributed by atoms with Crippen LogP contribution in [0.3, 0.4) is 0 Å². The lowest BCUT2D eigenvalue weighted by atomic mass is 9.97. The van der Waals surface area contributed by atoms with Gasteiger partial charge in [-0.05, 0) is 31.4 Å². The van der Waals surface area contributed by atoms with Crippen molar-refractivity contribution >= 4 is 29.1 Å². The van der Waals surface area contributed by atoms with Crippen LogP contribution in [0, 0.1) is 11.6 Å². The van der Waals surface area contributed by atoms with Crippen molar-refractivity contribution in [1.82, 2.24) is 14.9 Å². The number of ether oxygens (including phenoxy) is 1. The van der Waals surface area contributed by atoms with Crippen LogP contribution < -0.4 is 10.5 Å². The number of fused-ring (bicyclic) bond motifs is 1. The zero-order valence-electron chi connectivity index (χ0n) is 21.6. The third kappa shape index (κ3) is 5.61. The van der Waals surface area contributed by atoms with Crippen LogP contribution in [0.25, 0.3) is 27.7 Å². The Labute approximate surface area is 220 Å². The van der Waals surface area contributed by atoms with E-state index in [0.717, 1.165) is 31.6 Å². The van der Waals surface area contributed by atoms with Crippen molar-refractivity contribution in [2.75, 3.05) is 20.2 Å². The molecule has 2 aromatic heterocycles. The van der Waals surface area contributed by atoms with Gasteiger partial charge in [0.15, 0.2) is 11.6 Å². The van der Waals surface area contributed by atoms with Gasteiger partial charge in [0.25, 0.3) is 0 Å². The molecule has 1 unspecified atom stereocenters. The van der Waals surface area contributed by atoms with E-state index < -0.39 is 17.4 Å². The second-order valence-electron chi connectivity index (χ2n) is 9.51. The van der Waals surface area contributed by atoms with Gasteiger partial charge < -0.3 is 25.4 Å². The number of nitrogens with one attached hydrogen (secondary N) is 1. The number of halogens is 2. The molecule has 0 saturated carbocycles. The first-order valence-corrected chi connectivity index (χ1v) is 12.7. The van der Waals surface area contributed by atoms with E-state index >= 15 is 0 Å². The number of pyridine rings is 1. The summed E-state index contributed by atoms with van der Waals surface area (Å²) >= 11 is 0. The molecule has 1 atom stereocenters. The van der Waals surface area contributed by atoms with E-state index in [1.54, 1.807) is 18.6 Å². The number of benzene rings is 1. The Morgan fingerprint density at radius 2 is 2.08 bits per heavy atom. The van der Waals surface area contributed by atoms with Crippen LogP contribution >= 0.6 is 0 Å². The maximum Gasteiger partial charge on any atom is 0.168 e. The highest BCUT2D eigenvalue weighted by Crippen LogP contribution is 2.37. The molecule has 1 aromatic carbocycles. The number of aromatic nitrogens is 2. The van der Waals surface area contributed by atoms with Gasteiger partial charge in [-0.1, -0.05) is 13.3 Å². The second-order valence-corrected chi connectivity index (χ2v) is 9.51. The van der Waals surface area contributed by atoms with E-state index in [-0.39, 0.29) is 23.8 Å². The van der Waals surface area contributed by atoms with Gasteiger partial charge in [-0.25, -0.2) is 13.8 Å². The third-order valence-corrected chi connectivity index (χ3v) is 7.08. The molecule has 1 aliphatic rings. The van der Waals surface area contributed by atoms with Gasteiger partial charge in [0.05, 0.1) is 13.2 Å². The van der Waals surface area contributed by atoms with E-state index in [1.807, 2.05) is 17.9 Å². The normalized spacial score (nSPS) is 17.2. The lowest BCUT2D eigenvalue weighted by Crippen LogP contribution is -2.52. The van der Waals surface area contributed by atoms with Crippen LogP contribution in [-0.2, 0) is 4.79 Å². The summed E-state index contributed by atoms with van der Waals surface area (Å²) in [5.41, 5.74) is 7.54. The SMILES string of the molecule is CCCC(O)(CC=O)N1CCC(N=CC(=CN)c2cnc3[nH]cc(-c4cc(F)cc(F)c4OC)c3c2)CC1. The molecule has 8 nitrogen and oxygen atoms in total. The molecular weight excluding hydrogens is 492 g/mol. The van der Waals surface area contributed by atoms with Crippen LogP contribution in [0.2, 0.25) is 0 Å². The van der Waals surface area contributed by atoms with Crippen LogP contribution in [0.4, 0.5) is 8.78 Å². The number of rotatable bonds is 10. The summed E-state index contributed by atoms with van der Waals surface area (Å²) in [4.78, 5) is 25.3. The highest BCUT2D eigenvalue weighted by Gasteiger charge is 2.35. The van der Waals surface area contributed by atoms with Gasteiger partial charge in [0.2, 0.25) is 0 Å². The molecule has 4 N–H and O–H groups in total. The van der Waals surface area contributed by atoms with Gasteiger partial charge in [-0.15, -0.1) is 0 Å². The summed E-state index contributed by atoms with van der Waals surface area (Å²) in [5, 5.41) is 11.6. The second kappa shape index (κ2) is 11.8. The van der Waals surface area contributed by atoms with Gasteiger partial charge in [0.1, 0.15) is 23.5 Å². The molecule has 0 radical (unpaired) electrons. The van der Waals surface area contributed by atoms with Crippen molar-refractivity contribution in [3.8, 4) is 16.9 Å². The number of carbonyl (C=O) groups is 1. The van der Waals surface area contributed by atoms with E-state index in [0.29, 0.717) is 47.2 Å². The predicted octanol–water partition coefficient (Wildman–Crippen LogP) is 4.43. The smallest absolute Gasteiger partial charge is 0.168 e. The molecule has 0 amide bonds. The highest BCUT2D eigenvalue weighted by molar-refractivity contribution is 6.11. The van der Waals surface area contributed by atoms with Crippen molar-refractivity contribution in [3.63, 3.8) is 0 Å². The quantitative estimate of drug-likeness (QED) is 0.266. The van der Waals surface area contributed by atoms with Crippen molar-refractivity contribution < 1.29 is 23.4 Å². The van der Waals surface area contributed by atoms with Crippen molar-refractivity contribution in [2.45, 2.75) is 50.8 Å². The van der Waals surface area contributed by atoms with Gasteiger partial charge in [-0.2, -0.15) is 0 Å². The molecule has 0 spiro atoms. The number of aliphatic imine (C=N–C) groups is 1. The minimum atomic E-state index is -1.10. The molecule has 1 aliphatic heterocycles. The first kappa shape index (κ1) is 27.4. The lowest BCUT2D eigenvalue weighted by Gasteiger charge is -2.42.